The van der Waals surface area contributed by atoms with Crippen LogP contribution in [0.4, 0.5) is 5.69 Å². The summed E-state index contributed by atoms with van der Waals surface area (Å²) in [5.41, 5.74) is 12.4. The number of nitrogens with two attached hydrogens (primary N) is 2. The van der Waals surface area contributed by atoms with Gasteiger partial charge in [-0.1, -0.05) is 11.8 Å². The highest BCUT2D eigenvalue weighted by Crippen LogP contribution is 2.16. The Labute approximate surface area is 118 Å². The molecule has 0 fully saturated rings. The highest BCUT2D eigenvalue weighted by molar-refractivity contribution is 5.98. The SMILES string of the molecule is CC(=O)c1ccc(NC(=O)CCCN)cc1C#CCN. The molecule has 0 atom stereocenters. The minimum atomic E-state index is -0.108. The van der Waals surface area contributed by atoms with Crippen LogP contribution < -0.4 is 16.8 Å². The first kappa shape index (κ1) is 15.9. The summed E-state index contributed by atoms with van der Waals surface area (Å²) in [6.45, 7) is 2.16. The maximum atomic E-state index is 11.6. The van der Waals surface area contributed by atoms with E-state index in [1.807, 2.05) is 0 Å². The molecule has 1 amide bonds. The van der Waals surface area contributed by atoms with E-state index in [-0.39, 0.29) is 18.2 Å². The fourth-order valence-electron chi connectivity index (χ4n) is 1.66. The first-order valence-electron chi connectivity index (χ1n) is 6.42. The molecule has 106 valence electrons. The minimum Gasteiger partial charge on any atom is -0.330 e. The summed E-state index contributed by atoms with van der Waals surface area (Å²) < 4.78 is 0. The Kier molecular flexibility index (Phi) is 6.44. The molecule has 20 heavy (non-hydrogen) atoms. The van der Waals surface area contributed by atoms with Gasteiger partial charge in [0.05, 0.1) is 6.54 Å². The normalized spacial score (nSPS) is 9.55. The molecule has 5 nitrogen and oxygen atoms in total. The number of carbonyl (C=O) groups is 2. The second kappa shape index (κ2) is 8.10. The minimum absolute atomic E-state index is 0.0765. The monoisotopic (exact) mass is 273 g/mol. The number of amides is 1. The number of ketones is 1. The van der Waals surface area contributed by atoms with Crippen molar-refractivity contribution in [2.75, 3.05) is 18.4 Å². The van der Waals surface area contributed by atoms with Crippen LogP contribution in [0.1, 0.15) is 35.7 Å². The number of nitrogens with one attached hydrogen (secondary N) is 1. The molecule has 1 aromatic rings. The lowest BCUT2D eigenvalue weighted by atomic mass is 10.0. The van der Waals surface area contributed by atoms with Crippen molar-refractivity contribution in [2.24, 2.45) is 11.5 Å². The molecule has 0 aliphatic rings. The third-order valence-electron chi connectivity index (χ3n) is 2.62. The van der Waals surface area contributed by atoms with Crippen molar-refractivity contribution in [2.45, 2.75) is 19.8 Å². The molecular weight excluding hydrogens is 254 g/mol. The standard InChI is InChI=1S/C15H19N3O2/c1-11(19)14-7-6-13(10-12(14)4-2-8-16)18-15(20)5-3-9-17/h6-7,10H,3,5,8-9,16-17H2,1H3,(H,18,20). The maximum absolute atomic E-state index is 11.6. The van der Waals surface area contributed by atoms with Gasteiger partial charge in [0.2, 0.25) is 5.91 Å². The van der Waals surface area contributed by atoms with Gasteiger partial charge in [-0.2, -0.15) is 0 Å². The van der Waals surface area contributed by atoms with Gasteiger partial charge in [0, 0.05) is 23.2 Å². The van der Waals surface area contributed by atoms with Crippen molar-refractivity contribution >= 4 is 17.4 Å². The van der Waals surface area contributed by atoms with Gasteiger partial charge in [-0.3, -0.25) is 9.59 Å². The Hall–Kier alpha value is -2.16. The van der Waals surface area contributed by atoms with Gasteiger partial charge >= 0.3 is 0 Å². The smallest absolute Gasteiger partial charge is 0.224 e. The third-order valence-corrected chi connectivity index (χ3v) is 2.62. The lowest BCUT2D eigenvalue weighted by Gasteiger charge is -2.07. The molecule has 0 aliphatic carbocycles. The highest BCUT2D eigenvalue weighted by Gasteiger charge is 2.08. The molecular formula is C15H19N3O2. The molecule has 1 aromatic carbocycles. The summed E-state index contributed by atoms with van der Waals surface area (Å²) in [5, 5.41) is 2.75. The van der Waals surface area contributed by atoms with Crippen LogP contribution in [-0.4, -0.2) is 24.8 Å². The van der Waals surface area contributed by atoms with Gasteiger partial charge in [-0.25, -0.2) is 0 Å². The summed E-state index contributed by atoms with van der Waals surface area (Å²) in [6.07, 6.45) is 1.01. The molecule has 5 N–H and O–H groups in total. The summed E-state index contributed by atoms with van der Waals surface area (Å²) in [5.74, 6) is 5.37. The molecule has 0 bridgehead atoms. The first-order chi connectivity index (χ1) is 9.58. The number of hydrogen-bond acceptors (Lipinski definition) is 4. The van der Waals surface area contributed by atoms with Crippen LogP contribution in [0.2, 0.25) is 0 Å². The lowest BCUT2D eigenvalue weighted by Crippen LogP contribution is -2.13. The fraction of sp³-hybridized carbons (Fsp3) is 0.333. The molecule has 5 heteroatoms. The second-order valence-electron chi connectivity index (χ2n) is 4.26. The molecule has 0 heterocycles. The summed E-state index contributed by atoms with van der Waals surface area (Å²) >= 11 is 0. The topological polar surface area (TPSA) is 98.2 Å². The predicted molar refractivity (Wildman–Crippen MR) is 79.3 cm³/mol. The third kappa shape index (κ3) is 4.84. The maximum Gasteiger partial charge on any atom is 0.224 e. The Balaban J connectivity index is 2.94. The summed E-state index contributed by atoms with van der Waals surface area (Å²) in [7, 11) is 0. The fourth-order valence-corrected chi connectivity index (χ4v) is 1.66. The van der Waals surface area contributed by atoms with Crippen molar-refractivity contribution in [1.29, 1.82) is 0 Å². The van der Waals surface area contributed by atoms with E-state index < -0.39 is 0 Å². The van der Waals surface area contributed by atoms with Crippen molar-refractivity contribution in [3.8, 4) is 11.8 Å². The molecule has 0 spiro atoms. The van der Waals surface area contributed by atoms with E-state index in [0.29, 0.717) is 36.2 Å². The van der Waals surface area contributed by atoms with Gasteiger partial charge in [0.15, 0.2) is 5.78 Å². The average Bonchev–Trinajstić information content (AvgIpc) is 2.42. The number of hydrogen-bond donors (Lipinski definition) is 3. The van der Waals surface area contributed by atoms with Crippen molar-refractivity contribution < 1.29 is 9.59 Å². The van der Waals surface area contributed by atoms with E-state index >= 15 is 0 Å². The molecule has 1 rings (SSSR count). The van der Waals surface area contributed by atoms with Gasteiger partial charge in [0.25, 0.3) is 0 Å². The molecule has 0 aliphatic heterocycles. The van der Waals surface area contributed by atoms with Crippen molar-refractivity contribution in [3.63, 3.8) is 0 Å². The zero-order chi connectivity index (χ0) is 15.0. The van der Waals surface area contributed by atoms with E-state index in [4.69, 9.17) is 11.5 Å². The van der Waals surface area contributed by atoms with Gasteiger partial charge in [-0.15, -0.1) is 0 Å². The molecule has 0 aromatic heterocycles. The van der Waals surface area contributed by atoms with E-state index in [1.54, 1.807) is 18.2 Å². The van der Waals surface area contributed by atoms with E-state index in [9.17, 15) is 9.59 Å². The average molecular weight is 273 g/mol. The van der Waals surface area contributed by atoms with Crippen LogP contribution in [0.5, 0.6) is 0 Å². The van der Waals surface area contributed by atoms with Crippen LogP contribution in [0.25, 0.3) is 0 Å². The van der Waals surface area contributed by atoms with Crippen LogP contribution in [0.15, 0.2) is 18.2 Å². The van der Waals surface area contributed by atoms with Crippen LogP contribution >= 0.6 is 0 Å². The first-order valence-corrected chi connectivity index (χ1v) is 6.42. The van der Waals surface area contributed by atoms with Gasteiger partial charge in [0.1, 0.15) is 0 Å². The predicted octanol–water partition coefficient (Wildman–Crippen LogP) is 0.877. The lowest BCUT2D eigenvalue weighted by molar-refractivity contribution is -0.116. The number of benzene rings is 1. The molecule has 0 radical (unpaired) electrons. The number of Topliss-reactive ketones (excluding diaryl/α,β-unsaturated/α-hetero) is 1. The number of anilines is 1. The largest absolute Gasteiger partial charge is 0.330 e. The van der Waals surface area contributed by atoms with Crippen molar-refractivity contribution in [1.82, 2.24) is 0 Å². The van der Waals surface area contributed by atoms with Crippen LogP contribution in [0.3, 0.4) is 0 Å². The zero-order valence-electron chi connectivity index (χ0n) is 11.5. The second-order valence-corrected chi connectivity index (χ2v) is 4.26. The summed E-state index contributed by atoms with van der Waals surface area (Å²) in [4.78, 5) is 23.1. The van der Waals surface area contributed by atoms with E-state index in [1.165, 1.54) is 6.92 Å². The highest BCUT2D eigenvalue weighted by atomic mass is 16.1. The summed E-state index contributed by atoms with van der Waals surface area (Å²) in [6, 6.07) is 5.02. The van der Waals surface area contributed by atoms with Gasteiger partial charge in [-0.05, 0) is 38.1 Å². The van der Waals surface area contributed by atoms with Crippen LogP contribution in [0, 0.1) is 11.8 Å². The van der Waals surface area contributed by atoms with Crippen molar-refractivity contribution in [3.05, 3.63) is 29.3 Å². The number of carbonyl (C=O) groups excluding carboxylic acids is 2. The molecule has 0 saturated carbocycles. The Morgan fingerprint density at radius 2 is 2.05 bits per heavy atom. The quantitative estimate of drug-likeness (QED) is 0.548. The molecule has 0 saturated heterocycles. The Bertz CT molecular complexity index is 556. The van der Waals surface area contributed by atoms with E-state index in [0.717, 1.165) is 0 Å². The van der Waals surface area contributed by atoms with E-state index in [2.05, 4.69) is 17.2 Å². The molecule has 0 unspecified atom stereocenters. The van der Waals surface area contributed by atoms with Crippen LogP contribution in [-0.2, 0) is 4.79 Å². The van der Waals surface area contributed by atoms with Gasteiger partial charge < -0.3 is 16.8 Å². The Morgan fingerprint density at radius 3 is 2.65 bits per heavy atom. The Morgan fingerprint density at radius 1 is 1.30 bits per heavy atom. The number of rotatable bonds is 5. The zero-order valence-corrected chi connectivity index (χ0v) is 11.5.